The molecule has 1 aliphatic rings. The first-order valence-corrected chi connectivity index (χ1v) is 8.80. The second-order valence-corrected chi connectivity index (χ2v) is 7.09. The number of benzene rings is 1. The Morgan fingerprint density at radius 3 is 2.83 bits per heavy atom. The third-order valence-electron chi connectivity index (χ3n) is 3.77. The molecule has 0 aliphatic heterocycles. The fourth-order valence-electron chi connectivity index (χ4n) is 2.63. The minimum absolute atomic E-state index is 0.0393. The Balaban J connectivity index is 1.70. The van der Waals surface area contributed by atoms with Crippen LogP contribution in [0.5, 0.6) is 0 Å². The van der Waals surface area contributed by atoms with E-state index in [0.717, 1.165) is 36.6 Å². The van der Waals surface area contributed by atoms with Gasteiger partial charge < -0.3 is 0 Å². The van der Waals surface area contributed by atoms with E-state index < -0.39 is 20.7 Å². The molecule has 0 bridgehead atoms. The predicted octanol–water partition coefficient (Wildman–Crippen LogP) is 0.850. The zero-order valence-corrected chi connectivity index (χ0v) is 13.1. The summed E-state index contributed by atoms with van der Waals surface area (Å²) in [6.45, 7) is 0.0577. The van der Waals surface area contributed by atoms with Crippen LogP contribution in [-0.2, 0) is 29.4 Å². The molecular weight excluding hydrogens is 321 g/mol. The molecule has 0 radical (unpaired) electrons. The van der Waals surface area contributed by atoms with E-state index >= 15 is 0 Å². The van der Waals surface area contributed by atoms with Crippen molar-refractivity contribution in [2.24, 2.45) is 0 Å². The smallest absolute Gasteiger partial charge is 0.267 e. The normalized spacial score (nSPS) is 14.0. The van der Waals surface area contributed by atoms with Gasteiger partial charge in [0.15, 0.2) is 0 Å². The highest BCUT2D eigenvalue weighted by Crippen LogP contribution is 2.17. The van der Waals surface area contributed by atoms with Gasteiger partial charge >= 0.3 is 0 Å². The molecule has 6 nitrogen and oxygen atoms in total. The molecule has 0 unspecified atom stereocenters. The van der Waals surface area contributed by atoms with Gasteiger partial charge in [-0.15, -0.1) is 0 Å². The lowest BCUT2D eigenvalue weighted by molar-refractivity contribution is 0.533. The van der Waals surface area contributed by atoms with Gasteiger partial charge in [-0.2, -0.15) is 5.10 Å². The highest BCUT2D eigenvalue weighted by atomic mass is 32.2. The van der Waals surface area contributed by atoms with E-state index in [1.54, 1.807) is 6.07 Å². The van der Waals surface area contributed by atoms with Crippen molar-refractivity contribution in [3.63, 3.8) is 0 Å². The quantitative estimate of drug-likeness (QED) is 0.877. The van der Waals surface area contributed by atoms with Crippen LogP contribution in [0, 0.1) is 5.82 Å². The Hall–Kier alpha value is -2.06. The lowest BCUT2D eigenvalue weighted by atomic mass is 10.2. The molecule has 8 heteroatoms. The van der Waals surface area contributed by atoms with E-state index in [0.29, 0.717) is 0 Å². The third-order valence-corrected chi connectivity index (χ3v) is 5.26. The first kappa shape index (κ1) is 15.8. The van der Waals surface area contributed by atoms with E-state index in [9.17, 15) is 17.6 Å². The van der Waals surface area contributed by atoms with Crippen LogP contribution in [0.2, 0.25) is 0 Å². The molecule has 0 saturated heterocycles. The van der Waals surface area contributed by atoms with Crippen LogP contribution >= 0.6 is 0 Å². The molecule has 0 amide bonds. The highest BCUT2D eigenvalue weighted by Gasteiger charge is 2.18. The maximum Gasteiger partial charge on any atom is 0.267 e. The first-order valence-electron chi connectivity index (χ1n) is 7.31. The minimum atomic E-state index is -3.95. The summed E-state index contributed by atoms with van der Waals surface area (Å²) < 4.78 is 41.2. The molecule has 1 aromatic carbocycles. The van der Waals surface area contributed by atoms with Gasteiger partial charge in [0.25, 0.3) is 5.56 Å². The molecule has 0 saturated carbocycles. The van der Waals surface area contributed by atoms with Crippen LogP contribution in [0.3, 0.4) is 0 Å². The maximum absolute atomic E-state index is 13.6. The second kappa shape index (κ2) is 6.21. The van der Waals surface area contributed by atoms with Gasteiger partial charge in [-0.25, -0.2) is 22.2 Å². The molecule has 1 aromatic heterocycles. The van der Waals surface area contributed by atoms with Crippen molar-refractivity contribution in [3.8, 4) is 0 Å². The van der Waals surface area contributed by atoms with Gasteiger partial charge in [-0.1, -0.05) is 12.1 Å². The zero-order valence-electron chi connectivity index (χ0n) is 12.3. The summed E-state index contributed by atoms with van der Waals surface area (Å²) in [5.74, 6) is -0.812. The van der Waals surface area contributed by atoms with Crippen LogP contribution in [0.4, 0.5) is 4.39 Å². The highest BCUT2D eigenvalue weighted by molar-refractivity contribution is 7.89. The summed E-state index contributed by atoms with van der Waals surface area (Å²) in [6, 6.07) is 6.70. The average molecular weight is 337 g/mol. The Morgan fingerprint density at radius 2 is 2.04 bits per heavy atom. The summed E-state index contributed by atoms with van der Waals surface area (Å²) in [5, 5.41) is 4.26. The van der Waals surface area contributed by atoms with Crippen molar-refractivity contribution in [1.29, 1.82) is 0 Å². The number of rotatable bonds is 5. The van der Waals surface area contributed by atoms with Crippen molar-refractivity contribution in [1.82, 2.24) is 14.5 Å². The number of hydrogen-bond acceptors (Lipinski definition) is 4. The SMILES string of the molecule is O=c1cc2c(nn1CCNS(=O)(=O)c1ccccc1F)CCC2. The van der Waals surface area contributed by atoms with Gasteiger partial charge in [0.05, 0.1) is 12.2 Å². The van der Waals surface area contributed by atoms with Crippen LogP contribution in [0.1, 0.15) is 17.7 Å². The predicted molar refractivity (Wildman–Crippen MR) is 82.1 cm³/mol. The largest absolute Gasteiger partial charge is 0.268 e. The molecule has 1 N–H and O–H groups in total. The van der Waals surface area contributed by atoms with Crippen molar-refractivity contribution in [3.05, 3.63) is 57.8 Å². The molecule has 2 aromatic rings. The van der Waals surface area contributed by atoms with E-state index in [2.05, 4.69) is 9.82 Å². The standard InChI is InChI=1S/C15H16FN3O3S/c16-12-5-1-2-7-14(12)23(21,22)17-8-9-19-15(20)10-11-4-3-6-13(11)18-19/h1-2,5,7,10,17H,3-4,6,8-9H2. The van der Waals surface area contributed by atoms with Gasteiger partial charge in [-0.3, -0.25) is 4.79 Å². The van der Waals surface area contributed by atoms with Crippen molar-refractivity contribution in [2.45, 2.75) is 30.7 Å². The number of sulfonamides is 1. The summed E-state index contributed by atoms with van der Waals surface area (Å²) >= 11 is 0. The van der Waals surface area contributed by atoms with Gasteiger partial charge in [0.1, 0.15) is 10.7 Å². The molecule has 0 fully saturated rings. The fourth-order valence-corrected chi connectivity index (χ4v) is 3.72. The van der Waals surface area contributed by atoms with Crippen LogP contribution in [0.25, 0.3) is 0 Å². The Morgan fingerprint density at radius 1 is 1.26 bits per heavy atom. The number of fused-ring (bicyclic) bond motifs is 1. The second-order valence-electron chi connectivity index (χ2n) is 5.36. The summed E-state index contributed by atoms with van der Waals surface area (Å²) in [5.41, 5.74) is 1.61. The van der Waals surface area contributed by atoms with E-state index in [-0.39, 0.29) is 18.6 Å². The van der Waals surface area contributed by atoms with Gasteiger partial charge in [0, 0.05) is 12.6 Å². The first-order chi connectivity index (χ1) is 11.0. The topological polar surface area (TPSA) is 81.1 Å². The number of hydrogen-bond donors (Lipinski definition) is 1. The van der Waals surface area contributed by atoms with Crippen LogP contribution < -0.4 is 10.3 Å². The molecule has 3 rings (SSSR count). The summed E-state index contributed by atoms with van der Waals surface area (Å²) in [7, 11) is -3.95. The number of halogens is 1. The van der Waals surface area contributed by atoms with E-state index in [1.165, 1.54) is 22.9 Å². The van der Waals surface area contributed by atoms with Gasteiger partial charge in [-0.05, 0) is 37.0 Å². The van der Waals surface area contributed by atoms with E-state index in [1.807, 2.05) is 0 Å². The molecule has 23 heavy (non-hydrogen) atoms. The third kappa shape index (κ3) is 3.32. The minimum Gasteiger partial charge on any atom is -0.268 e. The Labute approximate surface area is 133 Å². The Bertz CT molecular complexity index is 893. The van der Waals surface area contributed by atoms with Crippen molar-refractivity contribution < 1.29 is 12.8 Å². The molecule has 0 atom stereocenters. The number of nitrogens with zero attached hydrogens (tertiary/aromatic N) is 2. The monoisotopic (exact) mass is 337 g/mol. The number of nitrogens with one attached hydrogen (secondary N) is 1. The summed E-state index contributed by atoms with van der Waals surface area (Å²) in [4.78, 5) is 11.5. The molecule has 1 heterocycles. The van der Waals surface area contributed by atoms with Crippen LogP contribution in [0.15, 0.2) is 40.0 Å². The Kier molecular flexibility index (Phi) is 4.27. The molecule has 1 aliphatic carbocycles. The number of aromatic nitrogens is 2. The van der Waals surface area contributed by atoms with Gasteiger partial charge in [0.2, 0.25) is 10.0 Å². The van der Waals surface area contributed by atoms with E-state index in [4.69, 9.17) is 0 Å². The maximum atomic E-state index is 13.6. The lowest BCUT2D eigenvalue weighted by Gasteiger charge is -2.09. The average Bonchev–Trinajstić information content (AvgIpc) is 2.94. The molecular formula is C15H16FN3O3S. The molecule has 0 spiro atoms. The fraction of sp³-hybridized carbons (Fsp3) is 0.333. The lowest BCUT2D eigenvalue weighted by Crippen LogP contribution is -2.32. The zero-order chi connectivity index (χ0) is 16.4. The summed E-state index contributed by atoms with van der Waals surface area (Å²) in [6.07, 6.45) is 2.67. The van der Waals surface area contributed by atoms with Crippen LogP contribution in [-0.4, -0.2) is 24.7 Å². The van der Waals surface area contributed by atoms with Crippen molar-refractivity contribution >= 4 is 10.0 Å². The van der Waals surface area contributed by atoms with Crippen molar-refractivity contribution in [2.75, 3.05) is 6.54 Å². The number of aryl methyl sites for hydroxylation is 2. The molecule has 122 valence electrons.